The summed E-state index contributed by atoms with van der Waals surface area (Å²) in [6.45, 7) is 1.55. The van der Waals surface area contributed by atoms with E-state index in [4.69, 9.17) is 0 Å². The van der Waals surface area contributed by atoms with Crippen molar-refractivity contribution in [2.24, 2.45) is 0 Å². The van der Waals surface area contributed by atoms with Crippen molar-refractivity contribution in [3.8, 4) is 11.1 Å². The first-order valence-corrected chi connectivity index (χ1v) is 5.37. The first-order valence-electron chi connectivity index (χ1n) is 5.37. The van der Waals surface area contributed by atoms with Gasteiger partial charge in [0.2, 0.25) is 0 Å². The largest absolute Gasteiger partial charge is 0.298 e. The molecular weight excluding hydrogens is 224 g/mol. The van der Waals surface area contributed by atoms with E-state index in [1.807, 2.05) is 36.4 Å². The molecule has 0 aromatic heterocycles. The van der Waals surface area contributed by atoms with Crippen LogP contribution in [0.2, 0.25) is 0 Å². The highest BCUT2D eigenvalue weighted by atomic mass is 16.1. The predicted molar refractivity (Wildman–Crippen MR) is 74.0 cm³/mol. The zero-order valence-corrected chi connectivity index (χ0v) is 9.51. The molecule has 0 N–H and O–H groups in total. The SMILES string of the molecule is C.CC(=O)c1ccc(-c2ccc(C=O)cc2)cc1. The van der Waals surface area contributed by atoms with E-state index in [1.54, 1.807) is 19.1 Å². The number of benzene rings is 2. The van der Waals surface area contributed by atoms with Gasteiger partial charge in [-0.05, 0) is 18.1 Å². The molecule has 0 spiro atoms. The molecule has 92 valence electrons. The maximum Gasteiger partial charge on any atom is 0.159 e. The third-order valence-corrected chi connectivity index (χ3v) is 2.67. The quantitative estimate of drug-likeness (QED) is 0.600. The average Bonchev–Trinajstić information content (AvgIpc) is 2.39. The van der Waals surface area contributed by atoms with Gasteiger partial charge < -0.3 is 0 Å². The van der Waals surface area contributed by atoms with E-state index in [2.05, 4.69) is 0 Å². The number of rotatable bonds is 3. The van der Waals surface area contributed by atoms with Crippen LogP contribution in [-0.4, -0.2) is 12.1 Å². The summed E-state index contributed by atoms with van der Waals surface area (Å²) in [5.74, 6) is 0.0628. The lowest BCUT2D eigenvalue weighted by Gasteiger charge is -2.02. The number of hydrogen-bond donors (Lipinski definition) is 0. The lowest BCUT2D eigenvalue weighted by atomic mass is 10.0. The van der Waals surface area contributed by atoms with Crippen LogP contribution >= 0.6 is 0 Å². The molecule has 2 heteroatoms. The van der Waals surface area contributed by atoms with Gasteiger partial charge in [-0.1, -0.05) is 56.0 Å². The number of carbonyl (C=O) groups excluding carboxylic acids is 2. The van der Waals surface area contributed by atoms with E-state index in [1.165, 1.54) is 0 Å². The molecule has 2 nitrogen and oxygen atoms in total. The van der Waals surface area contributed by atoms with Gasteiger partial charge in [0, 0.05) is 11.1 Å². The smallest absolute Gasteiger partial charge is 0.159 e. The van der Waals surface area contributed by atoms with Gasteiger partial charge in [-0.2, -0.15) is 0 Å². The molecular formula is C16H16O2. The van der Waals surface area contributed by atoms with Gasteiger partial charge in [0.15, 0.2) is 5.78 Å². The van der Waals surface area contributed by atoms with Crippen molar-refractivity contribution in [3.05, 3.63) is 59.7 Å². The summed E-state index contributed by atoms with van der Waals surface area (Å²) in [7, 11) is 0. The zero-order chi connectivity index (χ0) is 12.3. The van der Waals surface area contributed by atoms with Crippen molar-refractivity contribution in [2.45, 2.75) is 14.4 Å². The Labute approximate surface area is 107 Å². The molecule has 2 aromatic rings. The second-order valence-electron chi connectivity index (χ2n) is 3.87. The third kappa shape index (κ3) is 2.92. The van der Waals surface area contributed by atoms with Crippen molar-refractivity contribution in [1.29, 1.82) is 0 Å². The summed E-state index contributed by atoms with van der Waals surface area (Å²) in [4.78, 5) is 21.7. The van der Waals surface area contributed by atoms with Crippen molar-refractivity contribution in [2.75, 3.05) is 0 Å². The van der Waals surface area contributed by atoms with E-state index in [0.29, 0.717) is 11.1 Å². The summed E-state index contributed by atoms with van der Waals surface area (Å²) < 4.78 is 0. The maximum absolute atomic E-state index is 11.1. The molecule has 0 atom stereocenters. The fourth-order valence-corrected chi connectivity index (χ4v) is 1.65. The molecule has 0 aliphatic rings. The molecule has 2 aromatic carbocycles. The van der Waals surface area contributed by atoms with Crippen LogP contribution in [0.1, 0.15) is 35.1 Å². The van der Waals surface area contributed by atoms with Gasteiger partial charge in [0.05, 0.1) is 0 Å². The summed E-state index contributed by atoms with van der Waals surface area (Å²) >= 11 is 0. The molecule has 0 radical (unpaired) electrons. The van der Waals surface area contributed by atoms with Crippen LogP contribution < -0.4 is 0 Å². The van der Waals surface area contributed by atoms with E-state index in [0.717, 1.165) is 17.4 Å². The second kappa shape index (κ2) is 5.92. The van der Waals surface area contributed by atoms with Crippen molar-refractivity contribution < 1.29 is 9.59 Å². The summed E-state index contributed by atoms with van der Waals surface area (Å²) in [5.41, 5.74) is 3.44. The lowest BCUT2D eigenvalue weighted by Crippen LogP contribution is -1.90. The first kappa shape index (κ1) is 13.8. The third-order valence-electron chi connectivity index (χ3n) is 2.67. The molecule has 0 bridgehead atoms. The minimum atomic E-state index is 0. The molecule has 18 heavy (non-hydrogen) atoms. The van der Waals surface area contributed by atoms with Crippen LogP contribution in [-0.2, 0) is 0 Å². The molecule has 0 fully saturated rings. The predicted octanol–water partition coefficient (Wildman–Crippen LogP) is 4.00. The Balaban J connectivity index is 0.00000162. The summed E-state index contributed by atoms with van der Waals surface area (Å²) in [6.07, 6.45) is 0.822. The number of hydrogen-bond acceptors (Lipinski definition) is 2. The molecule has 0 heterocycles. The molecule has 0 unspecified atom stereocenters. The van der Waals surface area contributed by atoms with Gasteiger partial charge in [0.25, 0.3) is 0 Å². The van der Waals surface area contributed by atoms with Crippen LogP contribution in [0.15, 0.2) is 48.5 Å². The Kier molecular flexibility index (Phi) is 4.55. The zero-order valence-electron chi connectivity index (χ0n) is 9.51. The second-order valence-corrected chi connectivity index (χ2v) is 3.87. The monoisotopic (exact) mass is 240 g/mol. The molecule has 0 amide bonds. The fourth-order valence-electron chi connectivity index (χ4n) is 1.65. The van der Waals surface area contributed by atoms with E-state index in [9.17, 15) is 9.59 Å². The highest BCUT2D eigenvalue weighted by Gasteiger charge is 2.01. The number of Topliss-reactive ketones (excluding diaryl/α,β-unsaturated/α-hetero) is 1. The topological polar surface area (TPSA) is 34.1 Å². The Morgan fingerprint density at radius 3 is 1.72 bits per heavy atom. The standard InChI is InChI=1S/C15H12O2.CH4/c1-11(17)13-6-8-15(9-7-13)14-4-2-12(10-16)3-5-14;/h2-10H,1H3;1H4. The minimum absolute atomic E-state index is 0. The average molecular weight is 240 g/mol. The Hall–Kier alpha value is -2.22. The maximum atomic E-state index is 11.1. The fraction of sp³-hybridized carbons (Fsp3) is 0.125. The van der Waals surface area contributed by atoms with E-state index in [-0.39, 0.29) is 13.2 Å². The molecule has 0 saturated carbocycles. The molecule has 2 rings (SSSR count). The molecule has 0 aliphatic carbocycles. The number of aldehydes is 1. The highest BCUT2D eigenvalue weighted by Crippen LogP contribution is 2.20. The van der Waals surface area contributed by atoms with Crippen LogP contribution in [0.3, 0.4) is 0 Å². The van der Waals surface area contributed by atoms with Crippen molar-refractivity contribution in [3.63, 3.8) is 0 Å². The van der Waals surface area contributed by atoms with Gasteiger partial charge in [-0.15, -0.1) is 0 Å². The van der Waals surface area contributed by atoms with Gasteiger partial charge in [-0.3, -0.25) is 9.59 Å². The van der Waals surface area contributed by atoms with Gasteiger partial charge in [0.1, 0.15) is 6.29 Å². The Morgan fingerprint density at radius 1 is 0.889 bits per heavy atom. The van der Waals surface area contributed by atoms with E-state index >= 15 is 0 Å². The summed E-state index contributed by atoms with van der Waals surface area (Å²) in [6, 6.07) is 14.8. The molecule has 0 aliphatic heterocycles. The van der Waals surface area contributed by atoms with Crippen LogP contribution in [0.4, 0.5) is 0 Å². The van der Waals surface area contributed by atoms with Crippen molar-refractivity contribution in [1.82, 2.24) is 0 Å². The van der Waals surface area contributed by atoms with Gasteiger partial charge >= 0.3 is 0 Å². The van der Waals surface area contributed by atoms with Crippen LogP contribution in [0.5, 0.6) is 0 Å². The first-order chi connectivity index (χ1) is 8.20. The van der Waals surface area contributed by atoms with Crippen molar-refractivity contribution >= 4 is 12.1 Å². The number of ketones is 1. The normalized spacial score (nSPS) is 9.39. The Morgan fingerprint density at radius 2 is 1.33 bits per heavy atom. The summed E-state index contributed by atoms with van der Waals surface area (Å²) in [5, 5.41) is 0. The highest BCUT2D eigenvalue weighted by molar-refractivity contribution is 5.94. The van der Waals surface area contributed by atoms with Crippen LogP contribution in [0.25, 0.3) is 11.1 Å². The van der Waals surface area contributed by atoms with Gasteiger partial charge in [-0.25, -0.2) is 0 Å². The lowest BCUT2D eigenvalue weighted by molar-refractivity contribution is 0.101. The number of carbonyl (C=O) groups is 2. The Bertz CT molecular complexity index is 536. The van der Waals surface area contributed by atoms with Crippen LogP contribution in [0, 0.1) is 0 Å². The minimum Gasteiger partial charge on any atom is -0.298 e. The van der Waals surface area contributed by atoms with E-state index < -0.39 is 0 Å². The molecule has 0 saturated heterocycles.